The van der Waals surface area contributed by atoms with Crippen LogP contribution in [0.2, 0.25) is 0 Å². The number of nitrogens with zero attached hydrogens (tertiary/aromatic N) is 3. The number of hydrogen-bond acceptors (Lipinski definition) is 5. The zero-order chi connectivity index (χ0) is 15.4. The Bertz CT molecular complexity index is 628. The predicted molar refractivity (Wildman–Crippen MR) is 88.4 cm³/mol. The van der Waals surface area contributed by atoms with Crippen LogP contribution in [0.15, 0.2) is 30.3 Å². The molecule has 116 valence electrons. The first-order valence-corrected chi connectivity index (χ1v) is 8.41. The third-order valence-electron chi connectivity index (χ3n) is 3.92. The van der Waals surface area contributed by atoms with Gasteiger partial charge in [-0.15, -0.1) is 0 Å². The van der Waals surface area contributed by atoms with E-state index in [1.807, 2.05) is 37.3 Å². The molecule has 1 aromatic carbocycles. The van der Waals surface area contributed by atoms with Crippen molar-refractivity contribution in [3.05, 3.63) is 41.7 Å². The average molecular weight is 316 g/mol. The highest BCUT2D eigenvalue weighted by molar-refractivity contribution is 7.09. The SMILES string of the molecule is Cc1nsc(N2CCCCC2CNC(=O)c2ccccc2)n1. The van der Waals surface area contributed by atoms with Gasteiger partial charge in [-0.2, -0.15) is 4.37 Å². The maximum Gasteiger partial charge on any atom is 0.251 e. The van der Waals surface area contributed by atoms with E-state index < -0.39 is 0 Å². The topological polar surface area (TPSA) is 58.1 Å². The molecule has 1 unspecified atom stereocenters. The van der Waals surface area contributed by atoms with E-state index in [4.69, 9.17) is 0 Å². The van der Waals surface area contributed by atoms with Gasteiger partial charge in [-0.1, -0.05) is 18.2 Å². The van der Waals surface area contributed by atoms with Crippen molar-refractivity contribution in [3.63, 3.8) is 0 Å². The highest BCUT2D eigenvalue weighted by Crippen LogP contribution is 2.25. The van der Waals surface area contributed by atoms with Crippen LogP contribution in [0.1, 0.15) is 35.4 Å². The van der Waals surface area contributed by atoms with Crippen LogP contribution in [0.25, 0.3) is 0 Å². The second-order valence-corrected chi connectivity index (χ2v) is 6.27. The Balaban J connectivity index is 1.63. The fourth-order valence-corrected chi connectivity index (χ4v) is 3.54. The Hall–Kier alpha value is -1.95. The van der Waals surface area contributed by atoms with Gasteiger partial charge in [0.05, 0.1) is 0 Å². The van der Waals surface area contributed by atoms with E-state index in [9.17, 15) is 4.79 Å². The normalized spacial score (nSPS) is 18.2. The number of aryl methyl sites for hydroxylation is 1. The molecule has 3 rings (SSSR count). The molecule has 1 amide bonds. The summed E-state index contributed by atoms with van der Waals surface area (Å²) in [6.45, 7) is 3.54. The second kappa shape index (κ2) is 6.87. The van der Waals surface area contributed by atoms with Crippen molar-refractivity contribution in [2.45, 2.75) is 32.2 Å². The molecule has 1 fully saturated rings. The minimum Gasteiger partial charge on any atom is -0.350 e. The molecule has 1 atom stereocenters. The third kappa shape index (κ3) is 3.44. The molecule has 0 bridgehead atoms. The lowest BCUT2D eigenvalue weighted by Crippen LogP contribution is -2.46. The zero-order valence-electron chi connectivity index (χ0n) is 12.7. The minimum absolute atomic E-state index is 0.0143. The third-order valence-corrected chi connectivity index (χ3v) is 4.77. The molecule has 0 saturated carbocycles. The Labute approximate surface area is 134 Å². The largest absolute Gasteiger partial charge is 0.350 e. The highest BCUT2D eigenvalue weighted by atomic mass is 32.1. The number of carbonyl (C=O) groups is 1. The first kappa shape index (κ1) is 15.0. The van der Waals surface area contributed by atoms with Crippen molar-refractivity contribution in [1.82, 2.24) is 14.7 Å². The van der Waals surface area contributed by atoms with E-state index in [0.717, 1.165) is 23.9 Å². The summed E-state index contributed by atoms with van der Waals surface area (Å²) < 4.78 is 4.27. The van der Waals surface area contributed by atoms with Crippen LogP contribution < -0.4 is 10.2 Å². The van der Waals surface area contributed by atoms with Gasteiger partial charge in [-0.25, -0.2) is 4.98 Å². The molecule has 1 aliphatic rings. The summed E-state index contributed by atoms with van der Waals surface area (Å²) in [6, 6.07) is 9.65. The predicted octanol–water partition coefficient (Wildman–Crippen LogP) is 2.64. The smallest absolute Gasteiger partial charge is 0.251 e. The molecular formula is C16H20N4OS. The van der Waals surface area contributed by atoms with Gasteiger partial charge in [-0.3, -0.25) is 4.79 Å². The van der Waals surface area contributed by atoms with Gasteiger partial charge in [0.1, 0.15) is 5.82 Å². The number of carbonyl (C=O) groups excluding carboxylic acids is 1. The fraction of sp³-hybridized carbons (Fsp3) is 0.438. The fourth-order valence-electron chi connectivity index (χ4n) is 2.77. The van der Waals surface area contributed by atoms with Gasteiger partial charge in [0.15, 0.2) is 0 Å². The van der Waals surface area contributed by atoms with Crippen LogP contribution in [0.3, 0.4) is 0 Å². The summed E-state index contributed by atoms with van der Waals surface area (Å²) in [7, 11) is 0. The van der Waals surface area contributed by atoms with Gasteiger partial charge in [0, 0.05) is 36.2 Å². The monoisotopic (exact) mass is 316 g/mol. The standard InChI is InChI=1S/C16H20N4OS/c1-12-18-16(22-19-12)20-10-6-5-9-14(20)11-17-15(21)13-7-3-2-4-8-13/h2-4,7-8,14H,5-6,9-11H2,1H3,(H,17,21). The van der Waals surface area contributed by atoms with E-state index in [1.54, 1.807) is 0 Å². The van der Waals surface area contributed by atoms with E-state index >= 15 is 0 Å². The molecule has 2 heterocycles. The van der Waals surface area contributed by atoms with Gasteiger partial charge < -0.3 is 10.2 Å². The van der Waals surface area contributed by atoms with Crippen LogP contribution in [-0.4, -0.2) is 34.4 Å². The zero-order valence-corrected chi connectivity index (χ0v) is 13.5. The number of amides is 1. The number of anilines is 1. The van der Waals surface area contributed by atoms with Gasteiger partial charge in [0.2, 0.25) is 5.13 Å². The summed E-state index contributed by atoms with van der Waals surface area (Å²) in [5.41, 5.74) is 0.705. The van der Waals surface area contributed by atoms with E-state index in [2.05, 4.69) is 19.6 Å². The average Bonchev–Trinajstić information content (AvgIpc) is 3.00. The molecule has 6 heteroatoms. The molecule has 22 heavy (non-hydrogen) atoms. The lowest BCUT2D eigenvalue weighted by atomic mass is 10.0. The maximum absolute atomic E-state index is 12.2. The highest BCUT2D eigenvalue weighted by Gasteiger charge is 2.25. The Morgan fingerprint density at radius 2 is 2.18 bits per heavy atom. The minimum atomic E-state index is -0.0143. The van der Waals surface area contributed by atoms with Crippen LogP contribution >= 0.6 is 11.5 Å². The molecule has 2 aromatic rings. The number of rotatable bonds is 4. The molecule has 1 N–H and O–H groups in total. The summed E-state index contributed by atoms with van der Waals surface area (Å²) in [6.07, 6.45) is 3.44. The molecular weight excluding hydrogens is 296 g/mol. The number of hydrogen-bond donors (Lipinski definition) is 1. The first-order valence-electron chi connectivity index (χ1n) is 7.64. The van der Waals surface area contributed by atoms with Crippen LogP contribution in [-0.2, 0) is 0 Å². The van der Waals surface area contributed by atoms with Crippen molar-refractivity contribution in [3.8, 4) is 0 Å². The van der Waals surface area contributed by atoms with Crippen LogP contribution in [0, 0.1) is 6.92 Å². The van der Waals surface area contributed by atoms with E-state index in [0.29, 0.717) is 18.2 Å². The summed E-state index contributed by atoms with van der Waals surface area (Å²) in [4.78, 5) is 19.0. The van der Waals surface area contributed by atoms with Crippen molar-refractivity contribution in [2.24, 2.45) is 0 Å². The summed E-state index contributed by atoms with van der Waals surface area (Å²) >= 11 is 1.44. The molecule has 1 aromatic heterocycles. The van der Waals surface area contributed by atoms with Crippen molar-refractivity contribution < 1.29 is 4.79 Å². The quantitative estimate of drug-likeness (QED) is 0.942. The van der Waals surface area contributed by atoms with Crippen LogP contribution in [0.5, 0.6) is 0 Å². The molecule has 5 nitrogen and oxygen atoms in total. The van der Waals surface area contributed by atoms with Gasteiger partial charge >= 0.3 is 0 Å². The molecule has 0 spiro atoms. The molecule has 0 radical (unpaired) electrons. The first-order chi connectivity index (χ1) is 10.7. The molecule has 1 aliphatic heterocycles. The number of piperidine rings is 1. The van der Waals surface area contributed by atoms with Gasteiger partial charge in [-0.05, 0) is 38.3 Å². The van der Waals surface area contributed by atoms with Crippen molar-refractivity contribution in [1.29, 1.82) is 0 Å². The number of nitrogens with one attached hydrogen (secondary N) is 1. The number of benzene rings is 1. The van der Waals surface area contributed by atoms with Gasteiger partial charge in [0.25, 0.3) is 5.91 Å². The summed E-state index contributed by atoms with van der Waals surface area (Å²) in [5, 5.41) is 4.02. The maximum atomic E-state index is 12.2. The van der Waals surface area contributed by atoms with Crippen molar-refractivity contribution >= 4 is 22.6 Å². The van der Waals surface area contributed by atoms with E-state index in [1.165, 1.54) is 24.4 Å². The Morgan fingerprint density at radius 1 is 1.36 bits per heavy atom. The lowest BCUT2D eigenvalue weighted by molar-refractivity contribution is 0.0949. The second-order valence-electron chi connectivity index (χ2n) is 5.54. The van der Waals surface area contributed by atoms with Crippen molar-refractivity contribution in [2.75, 3.05) is 18.0 Å². The Kier molecular flexibility index (Phi) is 4.68. The lowest BCUT2D eigenvalue weighted by Gasteiger charge is -2.35. The number of aromatic nitrogens is 2. The Morgan fingerprint density at radius 3 is 2.91 bits per heavy atom. The van der Waals surface area contributed by atoms with Crippen LogP contribution in [0.4, 0.5) is 5.13 Å². The summed E-state index contributed by atoms with van der Waals surface area (Å²) in [5.74, 6) is 0.803. The van der Waals surface area contributed by atoms with E-state index in [-0.39, 0.29) is 5.91 Å². The molecule has 0 aliphatic carbocycles. The molecule has 1 saturated heterocycles.